The number of methoxy groups -OCH3 is 1. The molecule has 0 saturated heterocycles. The quantitative estimate of drug-likeness (QED) is 0.695. The van der Waals surface area contributed by atoms with Gasteiger partial charge in [0.2, 0.25) is 5.91 Å². The van der Waals surface area contributed by atoms with Crippen LogP contribution in [-0.4, -0.2) is 42.5 Å². The number of halogens is 1. The molecular weight excluding hydrogens is 356 g/mol. The molecule has 1 saturated carbocycles. The van der Waals surface area contributed by atoms with E-state index in [1.165, 1.54) is 29.7 Å². The average molecular weight is 379 g/mol. The Bertz CT molecular complexity index is 712. The third-order valence-electron chi connectivity index (χ3n) is 4.39. The van der Waals surface area contributed by atoms with Crippen LogP contribution in [-0.2, 0) is 17.9 Å². The summed E-state index contributed by atoms with van der Waals surface area (Å²) >= 11 is 7.49. The SMILES string of the molecule is COc1ccc(CN(CC(=O)N(C)Cc2ccc(Cl)s2)C2CC2)cc1. The zero-order valence-electron chi connectivity index (χ0n) is 14.6. The molecule has 6 heteroatoms. The zero-order valence-corrected chi connectivity index (χ0v) is 16.1. The fourth-order valence-electron chi connectivity index (χ4n) is 2.77. The van der Waals surface area contributed by atoms with Crippen molar-refractivity contribution in [2.24, 2.45) is 0 Å². The van der Waals surface area contributed by atoms with Gasteiger partial charge in [-0.25, -0.2) is 0 Å². The maximum atomic E-state index is 12.6. The molecule has 1 fully saturated rings. The topological polar surface area (TPSA) is 32.8 Å². The third-order valence-corrected chi connectivity index (χ3v) is 5.61. The van der Waals surface area contributed by atoms with Crippen molar-refractivity contribution in [3.63, 3.8) is 0 Å². The van der Waals surface area contributed by atoms with E-state index in [4.69, 9.17) is 16.3 Å². The first-order chi connectivity index (χ1) is 12.0. The predicted molar refractivity (Wildman–Crippen MR) is 102 cm³/mol. The number of amides is 1. The van der Waals surface area contributed by atoms with Crippen molar-refractivity contribution in [2.45, 2.75) is 32.0 Å². The van der Waals surface area contributed by atoms with E-state index in [2.05, 4.69) is 17.0 Å². The summed E-state index contributed by atoms with van der Waals surface area (Å²) in [5.74, 6) is 0.997. The molecule has 1 heterocycles. The van der Waals surface area contributed by atoms with Gasteiger partial charge in [0.25, 0.3) is 0 Å². The molecule has 1 aromatic carbocycles. The van der Waals surface area contributed by atoms with E-state index < -0.39 is 0 Å². The van der Waals surface area contributed by atoms with Gasteiger partial charge in [-0.05, 0) is 42.7 Å². The molecule has 0 bridgehead atoms. The lowest BCUT2D eigenvalue weighted by molar-refractivity contribution is -0.131. The Morgan fingerprint density at radius 2 is 1.92 bits per heavy atom. The van der Waals surface area contributed by atoms with E-state index in [1.807, 2.05) is 31.3 Å². The molecule has 2 aromatic rings. The molecule has 4 nitrogen and oxygen atoms in total. The Balaban J connectivity index is 1.57. The van der Waals surface area contributed by atoms with E-state index in [9.17, 15) is 4.79 Å². The van der Waals surface area contributed by atoms with E-state index in [0.29, 0.717) is 19.1 Å². The fraction of sp³-hybridized carbons (Fsp3) is 0.421. The standard InChI is InChI=1S/C19H23ClN2O2S/c1-21(12-17-9-10-18(20)25-17)19(23)13-22(15-5-6-15)11-14-3-7-16(24-2)8-4-14/h3-4,7-10,15H,5-6,11-13H2,1-2H3. The molecule has 1 aliphatic rings. The van der Waals surface area contributed by atoms with Crippen LogP contribution in [0, 0.1) is 0 Å². The minimum absolute atomic E-state index is 0.143. The van der Waals surface area contributed by atoms with Crippen LogP contribution in [0.5, 0.6) is 5.75 Å². The van der Waals surface area contributed by atoms with Crippen molar-refractivity contribution < 1.29 is 9.53 Å². The maximum Gasteiger partial charge on any atom is 0.236 e. The molecule has 0 radical (unpaired) electrons. The van der Waals surface area contributed by atoms with Gasteiger partial charge in [0.15, 0.2) is 0 Å². The highest BCUT2D eigenvalue weighted by molar-refractivity contribution is 7.16. The molecule has 1 aliphatic carbocycles. The summed E-state index contributed by atoms with van der Waals surface area (Å²) in [7, 11) is 3.52. The third kappa shape index (κ3) is 5.21. The van der Waals surface area contributed by atoms with Crippen LogP contribution >= 0.6 is 22.9 Å². The molecule has 25 heavy (non-hydrogen) atoms. The summed E-state index contributed by atoms with van der Waals surface area (Å²) in [5.41, 5.74) is 1.20. The Labute approximate surface area is 158 Å². The van der Waals surface area contributed by atoms with Crippen molar-refractivity contribution in [1.82, 2.24) is 9.80 Å². The molecular formula is C19H23ClN2O2S. The summed E-state index contributed by atoms with van der Waals surface area (Å²) in [6.45, 7) is 1.85. The van der Waals surface area contributed by atoms with Gasteiger partial charge in [0.05, 0.1) is 24.5 Å². The van der Waals surface area contributed by atoms with Crippen molar-refractivity contribution >= 4 is 28.8 Å². The average Bonchev–Trinajstić information content (AvgIpc) is 3.38. The number of carbonyl (C=O) groups is 1. The number of nitrogens with zero attached hydrogens (tertiary/aromatic N) is 2. The number of ether oxygens (including phenoxy) is 1. The molecule has 0 N–H and O–H groups in total. The summed E-state index contributed by atoms with van der Waals surface area (Å²) in [4.78, 5) is 17.8. The van der Waals surface area contributed by atoms with Crippen LogP contribution < -0.4 is 4.74 Å². The Hall–Kier alpha value is -1.56. The minimum Gasteiger partial charge on any atom is -0.497 e. The van der Waals surface area contributed by atoms with Crippen LogP contribution in [0.25, 0.3) is 0 Å². The number of rotatable bonds is 8. The number of hydrogen-bond acceptors (Lipinski definition) is 4. The highest BCUT2D eigenvalue weighted by Gasteiger charge is 2.31. The molecule has 3 rings (SSSR count). The second-order valence-corrected chi connectivity index (χ2v) is 8.24. The molecule has 1 amide bonds. The van der Waals surface area contributed by atoms with Crippen LogP contribution in [0.3, 0.4) is 0 Å². The number of carbonyl (C=O) groups excluding carboxylic acids is 1. The van der Waals surface area contributed by atoms with E-state index in [1.54, 1.807) is 12.0 Å². The van der Waals surface area contributed by atoms with Crippen molar-refractivity contribution in [1.29, 1.82) is 0 Å². The van der Waals surface area contributed by atoms with Gasteiger partial charge in [-0.3, -0.25) is 9.69 Å². The maximum absolute atomic E-state index is 12.6. The molecule has 1 aromatic heterocycles. The van der Waals surface area contributed by atoms with Gasteiger partial charge in [-0.15, -0.1) is 11.3 Å². The highest BCUT2D eigenvalue weighted by atomic mass is 35.5. The summed E-state index contributed by atoms with van der Waals surface area (Å²) in [5, 5.41) is 0. The number of likely N-dealkylation sites (N-methyl/N-ethyl adjacent to an activating group) is 1. The fourth-order valence-corrected chi connectivity index (χ4v) is 3.91. The van der Waals surface area contributed by atoms with Crippen molar-refractivity contribution in [3.8, 4) is 5.75 Å². The Morgan fingerprint density at radius 3 is 2.48 bits per heavy atom. The second-order valence-electron chi connectivity index (χ2n) is 6.44. The molecule has 0 atom stereocenters. The monoisotopic (exact) mass is 378 g/mol. The first-order valence-corrected chi connectivity index (χ1v) is 9.60. The van der Waals surface area contributed by atoms with Crippen LogP contribution in [0.15, 0.2) is 36.4 Å². The van der Waals surface area contributed by atoms with Gasteiger partial charge in [0, 0.05) is 24.5 Å². The second kappa shape index (κ2) is 8.21. The summed E-state index contributed by atoms with van der Waals surface area (Å²) in [6, 6.07) is 12.4. The van der Waals surface area contributed by atoms with E-state index in [0.717, 1.165) is 21.5 Å². The molecule has 0 aliphatic heterocycles. The molecule has 0 spiro atoms. The lowest BCUT2D eigenvalue weighted by Gasteiger charge is -2.25. The Kier molecular flexibility index (Phi) is 5.99. The summed E-state index contributed by atoms with van der Waals surface area (Å²) in [6.07, 6.45) is 2.35. The first-order valence-electron chi connectivity index (χ1n) is 8.40. The zero-order chi connectivity index (χ0) is 17.8. The normalized spacial score (nSPS) is 13.9. The van der Waals surface area contributed by atoms with Crippen LogP contribution in [0.1, 0.15) is 23.3 Å². The number of benzene rings is 1. The number of thiophene rings is 1. The van der Waals surface area contributed by atoms with Gasteiger partial charge in [-0.1, -0.05) is 23.7 Å². The minimum atomic E-state index is 0.143. The lowest BCUT2D eigenvalue weighted by Crippen LogP contribution is -2.38. The van der Waals surface area contributed by atoms with Gasteiger partial charge in [0.1, 0.15) is 5.75 Å². The smallest absolute Gasteiger partial charge is 0.236 e. The van der Waals surface area contributed by atoms with E-state index >= 15 is 0 Å². The Morgan fingerprint density at radius 1 is 1.20 bits per heavy atom. The van der Waals surface area contributed by atoms with Gasteiger partial charge < -0.3 is 9.64 Å². The number of hydrogen-bond donors (Lipinski definition) is 0. The summed E-state index contributed by atoms with van der Waals surface area (Å²) < 4.78 is 5.96. The van der Waals surface area contributed by atoms with Crippen LogP contribution in [0.4, 0.5) is 0 Å². The van der Waals surface area contributed by atoms with Crippen molar-refractivity contribution in [3.05, 3.63) is 51.2 Å². The van der Waals surface area contributed by atoms with Gasteiger partial charge in [-0.2, -0.15) is 0 Å². The van der Waals surface area contributed by atoms with E-state index in [-0.39, 0.29) is 5.91 Å². The molecule has 134 valence electrons. The van der Waals surface area contributed by atoms with Crippen LogP contribution in [0.2, 0.25) is 4.34 Å². The van der Waals surface area contributed by atoms with Crippen molar-refractivity contribution in [2.75, 3.05) is 20.7 Å². The highest BCUT2D eigenvalue weighted by Crippen LogP contribution is 2.29. The van der Waals surface area contributed by atoms with Gasteiger partial charge >= 0.3 is 0 Å². The predicted octanol–water partition coefficient (Wildman–Crippen LogP) is 4.03. The lowest BCUT2D eigenvalue weighted by atomic mass is 10.2. The first kappa shape index (κ1) is 18.2. The molecule has 0 unspecified atom stereocenters. The largest absolute Gasteiger partial charge is 0.497 e.